The molecule has 0 fully saturated rings. The quantitative estimate of drug-likeness (QED) is 0.276. The Hall–Kier alpha value is -2.96. The van der Waals surface area contributed by atoms with Crippen molar-refractivity contribution >= 4 is 22.2 Å². The lowest BCUT2D eigenvalue weighted by atomic mass is 9.90. The number of aromatic nitrogens is 1. The number of benzene rings is 2. The second kappa shape index (κ2) is 5.34. The molecule has 2 aliphatic carbocycles. The van der Waals surface area contributed by atoms with Crippen molar-refractivity contribution in [2.45, 2.75) is 53.4 Å². The molecule has 3 aromatic rings. The van der Waals surface area contributed by atoms with E-state index in [0.29, 0.717) is 48.0 Å². The van der Waals surface area contributed by atoms with Crippen LogP contribution in [0.2, 0.25) is 0 Å². The SMILES string of the molecule is CC1(C)Cc2c(O)c(O)c3[nH]c4c(O)c(O)c5c(c4ooc3c2C1)CC(C)(C)C5. The normalized spacial score (nSPS) is 18.9. The standard InChI is InChI=1S/C22H25NO6/c1-21(2)5-9-11(7-21)19-13(17(26)15(9)24)23-14-18(27)16(25)10-6-22(3,4)8-12(10)20(14)29-28-19/h23-27H,5-8H2,1-4H3. The second-order valence-corrected chi connectivity index (χ2v) is 10.0. The van der Waals surface area contributed by atoms with E-state index in [2.05, 4.69) is 32.7 Å². The van der Waals surface area contributed by atoms with Crippen LogP contribution in [-0.2, 0) is 25.7 Å². The van der Waals surface area contributed by atoms with E-state index in [1.165, 1.54) is 0 Å². The Labute approximate surface area is 166 Å². The number of aromatic amines is 1. The third-order valence-corrected chi connectivity index (χ3v) is 6.30. The summed E-state index contributed by atoms with van der Waals surface area (Å²) in [5.41, 5.74) is 3.42. The van der Waals surface area contributed by atoms with Crippen LogP contribution in [0.25, 0.3) is 22.2 Å². The van der Waals surface area contributed by atoms with Gasteiger partial charge in [-0.05, 0) is 36.5 Å². The Kier molecular flexibility index (Phi) is 3.33. The van der Waals surface area contributed by atoms with Crippen molar-refractivity contribution in [1.82, 2.24) is 4.98 Å². The summed E-state index contributed by atoms with van der Waals surface area (Å²) in [6, 6.07) is 0. The number of nitrogens with one attached hydrogen (secondary N) is 1. The molecule has 7 nitrogen and oxygen atoms in total. The fourth-order valence-electron chi connectivity index (χ4n) is 5.02. The van der Waals surface area contributed by atoms with Gasteiger partial charge in [0.05, 0.1) is 0 Å². The molecule has 0 saturated heterocycles. The van der Waals surface area contributed by atoms with Crippen LogP contribution in [0.5, 0.6) is 23.0 Å². The summed E-state index contributed by atoms with van der Waals surface area (Å²) in [5, 5.41) is 42.5. The Morgan fingerprint density at radius 2 is 0.931 bits per heavy atom. The minimum Gasteiger partial charge on any atom is -0.504 e. The summed E-state index contributed by atoms with van der Waals surface area (Å²) in [6.07, 6.45) is 2.48. The molecule has 29 heavy (non-hydrogen) atoms. The van der Waals surface area contributed by atoms with Crippen molar-refractivity contribution in [2.75, 3.05) is 0 Å². The van der Waals surface area contributed by atoms with Crippen LogP contribution in [-0.4, -0.2) is 25.4 Å². The monoisotopic (exact) mass is 399 g/mol. The molecule has 0 unspecified atom stereocenters. The maximum atomic E-state index is 10.7. The molecule has 2 aromatic carbocycles. The molecule has 1 heterocycles. The zero-order valence-corrected chi connectivity index (χ0v) is 16.9. The van der Waals surface area contributed by atoms with Gasteiger partial charge in [-0.2, -0.15) is 0 Å². The molecule has 0 aliphatic heterocycles. The minimum atomic E-state index is -0.368. The van der Waals surface area contributed by atoms with Crippen LogP contribution in [0.4, 0.5) is 0 Å². The van der Waals surface area contributed by atoms with Crippen LogP contribution in [0.1, 0.15) is 49.9 Å². The lowest BCUT2D eigenvalue weighted by molar-refractivity contribution is 0.0898. The van der Waals surface area contributed by atoms with Gasteiger partial charge in [0, 0.05) is 22.3 Å². The van der Waals surface area contributed by atoms with E-state index >= 15 is 0 Å². The molecule has 154 valence electrons. The fraction of sp³-hybridized carbons (Fsp3) is 0.455. The Morgan fingerprint density at radius 3 is 1.31 bits per heavy atom. The minimum absolute atomic E-state index is 0.102. The number of phenolic OH excluding ortho intramolecular Hbond substituents is 4. The number of hydrogen-bond donors (Lipinski definition) is 5. The van der Waals surface area contributed by atoms with E-state index in [1.54, 1.807) is 0 Å². The summed E-state index contributed by atoms with van der Waals surface area (Å²) >= 11 is 0. The van der Waals surface area contributed by atoms with Gasteiger partial charge in [-0.1, -0.05) is 27.7 Å². The molecule has 5 N–H and O–H groups in total. The molecule has 0 atom stereocenters. The third kappa shape index (κ3) is 2.42. The molecule has 0 saturated carbocycles. The van der Waals surface area contributed by atoms with Crippen LogP contribution in [0.15, 0.2) is 9.15 Å². The van der Waals surface area contributed by atoms with Gasteiger partial charge >= 0.3 is 0 Å². The van der Waals surface area contributed by atoms with Crippen molar-refractivity contribution in [2.24, 2.45) is 10.8 Å². The van der Waals surface area contributed by atoms with E-state index in [1.807, 2.05) is 0 Å². The van der Waals surface area contributed by atoms with Crippen molar-refractivity contribution in [3.05, 3.63) is 22.3 Å². The van der Waals surface area contributed by atoms with Crippen LogP contribution >= 0.6 is 0 Å². The topological polar surface area (TPSA) is 123 Å². The summed E-state index contributed by atoms with van der Waals surface area (Å²) in [5.74, 6) is -1.13. The highest BCUT2D eigenvalue weighted by Gasteiger charge is 2.37. The van der Waals surface area contributed by atoms with Gasteiger partial charge in [-0.15, -0.1) is 0 Å². The molecule has 0 bridgehead atoms. The zero-order valence-electron chi connectivity index (χ0n) is 16.9. The lowest BCUT2D eigenvalue weighted by Crippen LogP contribution is -2.09. The van der Waals surface area contributed by atoms with Gasteiger partial charge < -0.3 is 25.4 Å². The predicted molar refractivity (Wildman–Crippen MR) is 107 cm³/mol. The second-order valence-electron chi connectivity index (χ2n) is 10.0. The van der Waals surface area contributed by atoms with Crippen molar-refractivity contribution in [3.63, 3.8) is 0 Å². The number of fused-ring (bicyclic) bond motifs is 6. The first-order chi connectivity index (χ1) is 13.5. The van der Waals surface area contributed by atoms with Crippen LogP contribution in [0.3, 0.4) is 0 Å². The average Bonchev–Trinajstić information content (AvgIpc) is 3.04. The van der Waals surface area contributed by atoms with E-state index in [0.717, 1.165) is 11.1 Å². The van der Waals surface area contributed by atoms with E-state index in [-0.39, 0.29) is 44.9 Å². The Balaban J connectivity index is 1.93. The first kappa shape index (κ1) is 18.1. The van der Waals surface area contributed by atoms with Crippen molar-refractivity contribution < 1.29 is 29.6 Å². The molecule has 7 heteroatoms. The highest BCUT2D eigenvalue weighted by atomic mass is 17.0. The lowest BCUT2D eigenvalue weighted by Gasteiger charge is -2.14. The fourth-order valence-corrected chi connectivity index (χ4v) is 5.02. The summed E-state index contributed by atoms with van der Waals surface area (Å²) in [7, 11) is 0. The zero-order chi connectivity index (χ0) is 20.9. The first-order valence-electron chi connectivity index (χ1n) is 9.80. The van der Waals surface area contributed by atoms with Crippen molar-refractivity contribution in [1.29, 1.82) is 0 Å². The van der Waals surface area contributed by atoms with Gasteiger partial charge in [0.15, 0.2) is 23.0 Å². The molecule has 2 aliphatic rings. The summed E-state index contributed by atoms with van der Waals surface area (Å²) in [6.45, 7) is 8.31. The molecule has 5 rings (SSSR count). The maximum absolute atomic E-state index is 10.7. The Bertz CT molecular complexity index is 1160. The number of aromatic hydroxyl groups is 4. The van der Waals surface area contributed by atoms with Gasteiger partial charge in [0.25, 0.3) is 0 Å². The van der Waals surface area contributed by atoms with E-state index in [4.69, 9.17) is 9.15 Å². The molecule has 0 amide bonds. The smallest absolute Gasteiger partial charge is 0.209 e. The Morgan fingerprint density at radius 1 is 0.586 bits per heavy atom. The van der Waals surface area contributed by atoms with Gasteiger partial charge in [0.1, 0.15) is 11.0 Å². The van der Waals surface area contributed by atoms with Gasteiger partial charge in [-0.3, -0.25) is 9.15 Å². The maximum Gasteiger partial charge on any atom is 0.209 e. The third-order valence-electron chi connectivity index (χ3n) is 6.30. The largest absolute Gasteiger partial charge is 0.504 e. The predicted octanol–water partition coefficient (Wildman–Crippen LogP) is 4.70. The number of H-pyrrole nitrogens is 1. The van der Waals surface area contributed by atoms with E-state index < -0.39 is 0 Å². The van der Waals surface area contributed by atoms with Crippen LogP contribution < -0.4 is 0 Å². The first-order valence-corrected chi connectivity index (χ1v) is 9.80. The summed E-state index contributed by atoms with van der Waals surface area (Å²) < 4.78 is 11.4. The highest BCUT2D eigenvalue weighted by molar-refractivity contribution is 5.93. The summed E-state index contributed by atoms with van der Waals surface area (Å²) in [4.78, 5) is 2.97. The average molecular weight is 399 g/mol. The van der Waals surface area contributed by atoms with E-state index in [9.17, 15) is 20.4 Å². The number of hydrogen-bond acceptors (Lipinski definition) is 6. The molecule has 0 spiro atoms. The van der Waals surface area contributed by atoms with Crippen molar-refractivity contribution in [3.8, 4) is 23.0 Å². The highest BCUT2D eigenvalue weighted by Crippen LogP contribution is 2.51. The van der Waals surface area contributed by atoms with Gasteiger partial charge in [0.2, 0.25) is 11.2 Å². The molecular weight excluding hydrogens is 374 g/mol. The molecule has 0 radical (unpaired) electrons. The molecular formula is C22H25NO6. The molecule has 1 aromatic heterocycles. The van der Waals surface area contributed by atoms with Crippen LogP contribution in [0, 0.1) is 10.8 Å². The van der Waals surface area contributed by atoms with Gasteiger partial charge in [-0.25, -0.2) is 0 Å². The number of phenols is 4. The number of rotatable bonds is 0.